The molecule has 1 N–H and O–H groups in total. The van der Waals surface area contributed by atoms with Crippen LogP contribution in [0.5, 0.6) is 0 Å². The van der Waals surface area contributed by atoms with Gasteiger partial charge in [0.05, 0.1) is 5.88 Å². The summed E-state index contributed by atoms with van der Waals surface area (Å²) < 4.78 is 38.6. The fourth-order valence-corrected chi connectivity index (χ4v) is 3.49. The number of alkyl halides is 4. The number of benzene rings is 1. The lowest BCUT2D eigenvalue weighted by Crippen LogP contribution is -2.51. The van der Waals surface area contributed by atoms with Crippen LogP contribution < -0.4 is 10.2 Å². The fraction of sp³-hybridized carbons (Fsp3) is 0.524. The summed E-state index contributed by atoms with van der Waals surface area (Å²) in [6.45, 7) is 4.44. The topological polar surface area (TPSA) is 51.2 Å². The van der Waals surface area contributed by atoms with Gasteiger partial charge in [-0.3, -0.25) is 9.80 Å². The van der Waals surface area contributed by atoms with Crippen molar-refractivity contribution < 1.29 is 18.0 Å². The second-order valence-corrected chi connectivity index (χ2v) is 7.51. The highest BCUT2D eigenvalue weighted by Gasteiger charge is 2.36. The molecule has 0 atom stereocenters. The Morgan fingerprint density at radius 3 is 2.38 bits per heavy atom. The van der Waals surface area contributed by atoms with Gasteiger partial charge < -0.3 is 15.1 Å². The summed E-state index contributed by atoms with van der Waals surface area (Å²) in [5, 5.41) is 8.40. The van der Waals surface area contributed by atoms with Crippen molar-refractivity contribution in [3.05, 3.63) is 28.8 Å². The molecule has 0 unspecified atom stereocenters. The minimum Gasteiger partial charge on any atom is -0.368 e. The molecule has 178 valence electrons. The third-order valence-corrected chi connectivity index (χ3v) is 5.41. The molecule has 1 aromatic rings. The Balaban J connectivity index is 0.00000249. The van der Waals surface area contributed by atoms with Crippen molar-refractivity contribution in [3.63, 3.8) is 0 Å². The first-order valence-electron chi connectivity index (χ1n) is 9.94. The second-order valence-electron chi connectivity index (χ2n) is 6.83. The van der Waals surface area contributed by atoms with Crippen LogP contribution in [0.15, 0.2) is 23.3 Å². The number of amides is 1. The Labute approximate surface area is 197 Å². The Kier molecular flexibility index (Phi) is 11.7. The van der Waals surface area contributed by atoms with Crippen LogP contribution in [0.3, 0.4) is 0 Å². The minimum atomic E-state index is -4.62. The quantitative estimate of drug-likeness (QED) is 0.261. The molecule has 0 radical (unpaired) electrons. The van der Waals surface area contributed by atoms with E-state index in [1.165, 1.54) is 0 Å². The van der Waals surface area contributed by atoms with E-state index >= 15 is 0 Å². The standard InChI is InChI=1S/C19H26Cl2F3N5O.C2H2/c1-3-29(26-17(11-20)19(22,23)24)13-18(30)28-8-6-27(7-9-28)15-4-5-16(21)14(10-15)12-25-2;1-2/h4-5,10,25H,3,6-9,11-13H2,1-2H3;1-2H/b26-17+;. The molecule has 1 aliphatic heterocycles. The summed E-state index contributed by atoms with van der Waals surface area (Å²) in [6, 6.07) is 5.82. The first-order valence-corrected chi connectivity index (χ1v) is 10.9. The normalized spacial score (nSPS) is 14.6. The number of hydrazone groups is 1. The summed E-state index contributed by atoms with van der Waals surface area (Å²) in [6.07, 6.45) is 3.38. The van der Waals surface area contributed by atoms with Gasteiger partial charge in [0, 0.05) is 50.0 Å². The molecule has 0 spiro atoms. The van der Waals surface area contributed by atoms with Gasteiger partial charge in [0.2, 0.25) is 5.91 Å². The maximum Gasteiger partial charge on any atom is 0.432 e. The molecular formula is C21H28Cl2F3N5O. The molecule has 0 bridgehead atoms. The summed E-state index contributed by atoms with van der Waals surface area (Å²) in [7, 11) is 1.85. The second kappa shape index (κ2) is 13.4. The van der Waals surface area contributed by atoms with Gasteiger partial charge in [-0.05, 0) is 37.7 Å². The maximum absolute atomic E-state index is 12.9. The van der Waals surface area contributed by atoms with Crippen molar-refractivity contribution >= 4 is 40.5 Å². The summed E-state index contributed by atoms with van der Waals surface area (Å²) in [4.78, 5) is 16.4. The third kappa shape index (κ3) is 8.08. The van der Waals surface area contributed by atoms with Crippen molar-refractivity contribution in [1.82, 2.24) is 15.2 Å². The number of likely N-dealkylation sites (N-methyl/N-ethyl adjacent to an activating group) is 1. The van der Waals surface area contributed by atoms with Crippen LogP contribution in [0, 0.1) is 12.8 Å². The summed E-state index contributed by atoms with van der Waals surface area (Å²) in [5.74, 6) is -1.02. The van der Waals surface area contributed by atoms with Crippen LogP contribution >= 0.6 is 23.2 Å². The largest absolute Gasteiger partial charge is 0.432 e. The van der Waals surface area contributed by atoms with Crippen LogP contribution in [0.25, 0.3) is 0 Å². The Morgan fingerprint density at radius 1 is 1.25 bits per heavy atom. The van der Waals surface area contributed by atoms with Crippen LogP contribution in [0.2, 0.25) is 5.02 Å². The van der Waals surface area contributed by atoms with Crippen LogP contribution in [-0.4, -0.2) is 79.9 Å². The van der Waals surface area contributed by atoms with Gasteiger partial charge in [0.25, 0.3) is 0 Å². The SMILES string of the molecule is C#C.CCN(CC(=O)N1CCN(c2ccc(Cl)c(CNC)c2)CC1)/N=C(\CCl)C(F)(F)F. The van der Waals surface area contributed by atoms with E-state index in [4.69, 9.17) is 23.2 Å². The number of hydrogen-bond acceptors (Lipinski definition) is 5. The number of carbonyl (C=O) groups excluding carboxylic acids is 1. The molecule has 11 heteroatoms. The number of anilines is 1. The van der Waals surface area contributed by atoms with E-state index < -0.39 is 17.8 Å². The van der Waals surface area contributed by atoms with Gasteiger partial charge in [-0.25, -0.2) is 0 Å². The molecule has 2 rings (SSSR count). The third-order valence-electron chi connectivity index (χ3n) is 4.79. The Hall–Kier alpha value is -2.15. The van der Waals surface area contributed by atoms with Gasteiger partial charge in [-0.15, -0.1) is 24.4 Å². The molecular weight excluding hydrogens is 466 g/mol. The van der Waals surface area contributed by atoms with Gasteiger partial charge in [-0.1, -0.05) is 11.6 Å². The van der Waals surface area contributed by atoms with E-state index in [0.717, 1.165) is 16.3 Å². The van der Waals surface area contributed by atoms with Crippen LogP contribution in [0.4, 0.5) is 18.9 Å². The first kappa shape index (κ1) is 27.9. The van der Waals surface area contributed by atoms with Crippen molar-refractivity contribution in [2.24, 2.45) is 5.10 Å². The predicted molar refractivity (Wildman–Crippen MR) is 124 cm³/mol. The lowest BCUT2D eigenvalue weighted by Gasteiger charge is -2.37. The van der Waals surface area contributed by atoms with E-state index in [2.05, 4.69) is 28.2 Å². The molecule has 1 aliphatic rings. The number of hydrogen-bond donors (Lipinski definition) is 1. The molecule has 1 saturated heterocycles. The maximum atomic E-state index is 12.9. The van der Waals surface area contributed by atoms with Gasteiger partial charge >= 0.3 is 6.18 Å². The highest BCUT2D eigenvalue weighted by molar-refractivity contribution is 6.31. The average molecular weight is 494 g/mol. The Bertz CT molecular complexity index is 793. The van der Waals surface area contributed by atoms with E-state index in [0.29, 0.717) is 37.7 Å². The molecule has 1 aromatic carbocycles. The van der Waals surface area contributed by atoms with Crippen molar-refractivity contribution in [2.45, 2.75) is 19.6 Å². The van der Waals surface area contributed by atoms with Gasteiger partial charge in [0.1, 0.15) is 6.54 Å². The van der Waals surface area contributed by atoms with E-state index in [1.54, 1.807) is 11.8 Å². The van der Waals surface area contributed by atoms with Crippen LogP contribution in [0.1, 0.15) is 12.5 Å². The minimum absolute atomic E-state index is 0.168. The van der Waals surface area contributed by atoms with E-state index in [-0.39, 0.29) is 19.0 Å². The average Bonchev–Trinajstić information content (AvgIpc) is 2.78. The van der Waals surface area contributed by atoms with Crippen molar-refractivity contribution in [1.29, 1.82) is 0 Å². The van der Waals surface area contributed by atoms with E-state index in [1.807, 2.05) is 25.2 Å². The lowest BCUT2D eigenvalue weighted by molar-refractivity contribution is -0.132. The number of rotatable bonds is 8. The molecule has 0 aromatic heterocycles. The molecule has 0 saturated carbocycles. The molecule has 32 heavy (non-hydrogen) atoms. The molecule has 1 fully saturated rings. The van der Waals surface area contributed by atoms with Crippen LogP contribution in [-0.2, 0) is 11.3 Å². The summed E-state index contributed by atoms with van der Waals surface area (Å²) in [5.41, 5.74) is 0.906. The highest BCUT2D eigenvalue weighted by Crippen LogP contribution is 2.24. The number of nitrogens with zero attached hydrogens (tertiary/aromatic N) is 4. The zero-order valence-electron chi connectivity index (χ0n) is 18.1. The summed E-state index contributed by atoms with van der Waals surface area (Å²) >= 11 is 11.6. The zero-order chi connectivity index (χ0) is 24.3. The molecule has 1 amide bonds. The first-order chi connectivity index (χ1) is 15.2. The molecule has 1 heterocycles. The van der Waals surface area contributed by atoms with Crippen molar-refractivity contribution in [3.8, 4) is 12.8 Å². The smallest absolute Gasteiger partial charge is 0.368 e. The van der Waals surface area contributed by atoms with Gasteiger partial charge in [0.15, 0.2) is 5.71 Å². The predicted octanol–water partition coefficient (Wildman–Crippen LogP) is 3.44. The monoisotopic (exact) mass is 493 g/mol. The molecule has 0 aliphatic carbocycles. The number of terminal acetylenes is 1. The number of carbonyl (C=O) groups is 1. The number of piperazine rings is 1. The van der Waals surface area contributed by atoms with Crippen molar-refractivity contribution in [2.75, 3.05) is 57.1 Å². The molecule has 6 nitrogen and oxygen atoms in total. The van der Waals surface area contributed by atoms with E-state index in [9.17, 15) is 18.0 Å². The number of halogens is 5. The lowest BCUT2D eigenvalue weighted by atomic mass is 10.1. The Morgan fingerprint density at radius 2 is 1.88 bits per heavy atom. The fourth-order valence-electron chi connectivity index (χ4n) is 3.10. The zero-order valence-corrected chi connectivity index (χ0v) is 19.6. The highest BCUT2D eigenvalue weighted by atomic mass is 35.5. The number of nitrogens with one attached hydrogen (secondary N) is 1. The van der Waals surface area contributed by atoms with Gasteiger partial charge in [-0.2, -0.15) is 18.3 Å².